The van der Waals surface area contributed by atoms with E-state index in [4.69, 9.17) is 9.47 Å². The highest BCUT2D eigenvalue weighted by molar-refractivity contribution is 7.89. The van der Waals surface area contributed by atoms with Crippen LogP contribution < -0.4 is 9.47 Å². The van der Waals surface area contributed by atoms with Crippen LogP contribution in [-0.2, 0) is 21.2 Å². The van der Waals surface area contributed by atoms with Crippen LogP contribution in [0.25, 0.3) is 0 Å². The summed E-state index contributed by atoms with van der Waals surface area (Å²) in [7, 11) is -3.66. The maximum atomic E-state index is 13.1. The van der Waals surface area contributed by atoms with Crippen LogP contribution in [-0.4, -0.2) is 62.9 Å². The van der Waals surface area contributed by atoms with Crippen molar-refractivity contribution in [2.45, 2.75) is 24.7 Å². The van der Waals surface area contributed by atoms with E-state index in [0.29, 0.717) is 44.2 Å². The molecular formula is C22H26N2O5S. The Bertz CT molecular complexity index is 1030. The summed E-state index contributed by atoms with van der Waals surface area (Å²) >= 11 is 0. The van der Waals surface area contributed by atoms with Gasteiger partial charge in [-0.2, -0.15) is 4.31 Å². The zero-order valence-corrected chi connectivity index (χ0v) is 17.9. The number of rotatable bonds is 4. The first-order valence-electron chi connectivity index (χ1n) is 10.2. The average Bonchev–Trinajstić information content (AvgIpc) is 3.00. The van der Waals surface area contributed by atoms with Crippen LogP contribution in [0.5, 0.6) is 11.5 Å². The Morgan fingerprint density at radius 2 is 1.67 bits per heavy atom. The van der Waals surface area contributed by atoms with Crippen molar-refractivity contribution in [1.82, 2.24) is 9.21 Å². The van der Waals surface area contributed by atoms with E-state index in [2.05, 4.69) is 0 Å². The molecule has 1 amide bonds. The zero-order valence-electron chi connectivity index (χ0n) is 17.0. The number of benzene rings is 2. The Morgan fingerprint density at radius 1 is 0.967 bits per heavy atom. The van der Waals surface area contributed by atoms with Crippen molar-refractivity contribution in [3.63, 3.8) is 0 Å². The number of nitrogens with zero attached hydrogens (tertiary/aromatic N) is 2. The number of amides is 1. The Labute approximate surface area is 177 Å². The van der Waals surface area contributed by atoms with Gasteiger partial charge in [-0.1, -0.05) is 24.3 Å². The van der Waals surface area contributed by atoms with Gasteiger partial charge < -0.3 is 14.4 Å². The first kappa shape index (κ1) is 20.7. The monoisotopic (exact) mass is 430 g/mol. The molecule has 0 aliphatic carbocycles. The maximum Gasteiger partial charge on any atom is 0.243 e. The fraction of sp³-hybridized carbons (Fsp3) is 0.409. The Balaban J connectivity index is 1.41. The highest BCUT2D eigenvalue weighted by Gasteiger charge is 2.31. The van der Waals surface area contributed by atoms with Gasteiger partial charge in [-0.15, -0.1) is 0 Å². The number of ether oxygens (including phenoxy) is 2. The number of hydrogen-bond donors (Lipinski definition) is 0. The van der Waals surface area contributed by atoms with E-state index in [9.17, 15) is 13.2 Å². The predicted octanol–water partition coefficient (Wildman–Crippen LogP) is 2.23. The predicted molar refractivity (Wildman–Crippen MR) is 112 cm³/mol. The van der Waals surface area contributed by atoms with Gasteiger partial charge in [0.05, 0.1) is 24.5 Å². The van der Waals surface area contributed by atoms with Gasteiger partial charge in [-0.05, 0) is 30.2 Å². The molecular weight excluding hydrogens is 404 g/mol. The van der Waals surface area contributed by atoms with E-state index in [1.165, 1.54) is 10.4 Å². The first-order valence-corrected chi connectivity index (χ1v) is 11.6. The molecule has 0 bridgehead atoms. The maximum absolute atomic E-state index is 13.1. The molecule has 0 radical (unpaired) electrons. The summed E-state index contributed by atoms with van der Waals surface area (Å²) in [6.45, 7) is 4.35. The van der Waals surface area contributed by atoms with Crippen molar-refractivity contribution >= 4 is 15.9 Å². The van der Waals surface area contributed by atoms with Crippen LogP contribution in [0, 0.1) is 6.92 Å². The van der Waals surface area contributed by atoms with Crippen LogP contribution in [0.15, 0.2) is 47.4 Å². The van der Waals surface area contributed by atoms with Crippen LogP contribution in [0.4, 0.5) is 0 Å². The van der Waals surface area contributed by atoms with Gasteiger partial charge in [-0.25, -0.2) is 8.42 Å². The molecule has 2 aliphatic rings. The first-order chi connectivity index (χ1) is 14.4. The quantitative estimate of drug-likeness (QED) is 0.744. The second-order valence-corrected chi connectivity index (χ2v) is 9.49. The molecule has 8 heteroatoms. The average molecular weight is 431 g/mol. The summed E-state index contributed by atoms with van der Waals surface area (Å²) < 4.78 is 38.8. The molecule has 30 heavy (non-hydrogen) atoms. The molecule has 2 aliphatic heterocycles. The van der Waals surface area contributed by atoms with Gasteiger partial charge in [0.1, 0.15) is 0 Å². The van der Waals surface area contributed by atoms with Gasteiger partial charge in [0.15, 0.2) is 11.5 Å². The van der Waals surface area contributed by atoms with Gasteiger partial charge in [0.25, 0.3) is 0 Å². The number of carbonyl (C=O) groups is 1. The van der Waals surface area contributed by atoms with Crippen molar-refractivity contribution in [3.8, 4) is 11.5 Å². The largest absolute Gasteiger partial charge is 0.490 e. The SMILES string of the molecule is Cc1ccccc1CC(=O)N1CCN(S(=O)(=O)c2ccc3c(c2)OCCCO3)CC1. The van der Waals surface area contributed by atoms with Gasteiger partial charge in [0.2, 0.25) is 15.9 Å². The topological polar surface area (TPSA) is 76.2 Å². The minimum absolute atomic E-state index is 0.0249. The third kappa shape index (κ3) is 4.29. The van der Waals surface area contributed by atoms with Crippen LogP contribution in [0.1, 0.15) is 17.5 Å². The normalized spacial score (nSPS) is 17.4. The minimum atomic E-state index is -3.66. The standard InChI is InChI=1S/C22H26N2O5S/c1-17-5-2-3-6-18(17)15-22(25)23-9-11-24(12-10-23)30(26,27)19-7-8-20-21(16-19)29-14-4-13-28-20/h2-3,5-8,16H,4,9-15H2,1H3. The number of piperazine rings is 1. The summed E-state index contributed by atoms with van der Waals surface area (Å²) in [6.07, 6.45) is 1.09. The molecule has 2 heterocycles. The lowest BCUT2D eigenvalue weighted by Crippen LogP contribution is -2.50. The highest BCUT2D eigenvalue weighted by atomic mass is 32.2. The fourth-order valence-corrected chi connectivity index (χ4v) is 5.15. The number of hydrogen-bond acceptors (Lipinski definition) is 5. The number of fused-ring (bicyclic) bond motifs is 1. The molecule has 4 rings (SSSR count). The number of sulfonamides is 1. The number of aryl methyl sites for hydroxylation is 1. The van der Waals surface area contributed by atoms with E-state index >= 15 is 0 Å². The second-order valence-electron chi connectivity index (χ2n) is 7.55. The molecule has 0 N–H and O–H groups in total. The van der Waals surface area contributed by atoms with Gasteiger partial charge >= 0.3 is 0 Å². The summed E-state index contributed by atoms with van der Waals surface area (Å²) in [5, 5.41) is 0. The molecule has 0 aromatic heterocycles. The lowest BCUT2D eigenvalue weighted by Gasteiger charge is -2.34. The molecule has 160 valence electrons. The highest BCUT2D eigenvalue weighted by Crippen LogP contribution is 2.33. The molecule has 7 nitrogen and oxygen atoms in total. The van der Waals surface area contributed by atoms with E-state index < -0.39 is 10.0 Å². The van der Waals surface area contributed by atoms with Crippen LogP contribution >= 0.6 is 0 Å². The van der Waals surface area contributed by atoms with Crippen molar-refractivity contribution < 1.29 is 22.7 Å². The number of carbonyl (C=O) groups excluding carboxylic acids is 1. The summed E-state index contributed by atoms with van der Waals surface area (Å²) in [5.41, 5.74) is 2.09. The van der Waals surface area contributed by atoms with Crippen molar-refractivity contribution in [2.75, 3.05) is 39.4 Å². The third-order valence-electron chi connectivity index (χ3n) is 5.55. The third-order valence-corrected chi connectivity index (χ3v) is 7.45. The molecule has 0 atom stereocenters. The molecule has 2 aromatic rings. The molecule has 0 spiro atoms. The molecule has 2 aromatic carbocycles. The van der Waals surface area contributed by atoms with E-state index in [1.54, 1.807) is 17.0 Å². The summed E-state index contributed by atoms with van der Waals surface area (Å²) in [6, 6.07) is 12.6. The van der Waals surface area contributed by atoms with Gasteiger partial charge in [0, 0.05) is 38.7 Å². The van der Waals surface area contributed by atoms with Crippen LogP contribution in [0.2, 0.25) is 0 Å². The fourth-order valence-electron chi connectivity index (χ4n) is 3.71. The molecule has 0 saturated carbocycles. The zero-order chi connectivity index (χ0) is 21.1. The van der Waals surface area contributed by atoms with Crippen molar-refractivity contribution in [1.29, 1.82) is 0 Å². The molecule has 1 fully saturated rings. The van der Waals surface area contributed by atoms with E-state index in [0.717, 1.165) is 17.5 Å². The minimum Gasteiger partial charge on any atom is -0.490 e. The Kier molecular flexibility index (Phi) is 5.97. The molecule has 1 saturated heterocycles. The van der Waals surface area contributed by atoms with E-state index in [-0.39, 0.29) is 23.9 Å². The second kappa shape index (κ2) is 8.65. The molecule has 0 unspecified atom stereocenters. The van der Waals surface area contributed by atoms with Crippen LogP contribution in [0.3, 0.4) is 0 Å². The van der Waals surface area contributed by atoms with Crippen molar-refractivity contribution in [2.24, 2.45) is 0 Å². The lowest BCUT2D eigenvalue weighted by atomic mass is 10.1. The van der Waals surface area contributed by atoms with Gasteiger partial charge in [-0.3, -0.25) is 4.79 Å². The smallest absolute Gasteiger partial charge is 0.243 e. The summed E-state index contributed by atoms with van der Waals surface area (Å²) in [5.74, 6) is 1.05. The summed E-state index contributed by atoms with van der Waals surface area (Å²) in [4.78, 5) is 14.6. The van der Waals surface area contributed by atoms with E-state index in [1.807, 2.05) is 31.2 Å². The Hall–Kier alpha value is -2.58. The lowest BCUT2D eigenvalue weighted by molar-refractivity contribution is -0.131. The Morgan fingerprint density at radius 3 is 2.40 bits per heavy atom. The van der Waals surface area contributed by atoms with Crippen molar-refractivity contribution in [3.05, 3.63) is 53.6 Å².